The molecule has 2 aromatic rings. The van der Waals surface area contributed by atoms with Gasteiger partial charge in [0.2, 0.25) is 5.95 Å². The van der Waals surface area contributed by atoms with Crippen molar-refractivity contribution < 1.29 is 9.47 Å². The van der Waals surface area contributed by atoms with Crippen molar-refractivity contribution in [2.24, 2.45) is 0 Å². The van der Waals surface area contributed by atoms with Crippen LogP contribution in [0.2, 0.25) is 0 Å². The Kier molecular flexibility index (Phi) is 7.75. The number of hydrogen-bond donors (Lipinski definition) is 2. The Morgan fingerprint density at radius 2 is 1.76 bits per heavy atom. The first kappa shape index (κ1) is 21.4. The summed E-state index contributed by atoms with van der Waals surface area (Å²) in [7, 11) is 5.48. The zero-order valence-corrected chi connectivity index (χ0v) is 18.3. The van der Waals surface area contributed by atoms with Gasteiger partial charge in [0, 0.05) is 24.0 Å². The molecular weight excluding hydrogens is 366 g/mol. The molecule has 3 rings (SSSR count). The van der Waals surface area contributed by atoms with Crippen molar-refractivity contribution in [3.8, 4) is 11.5 Å². The number of anilines is 2. The molecule has 1 fully saturated rings. The highest BCUT2D eigenvalue weighted by Crippen LogP contribution is 2.35. The van der Waals surface area contributed by atoms with Crippen LogP contribution in [0, 0.1) is 0 Å². The van der Waals surface area contributed by atoms with Crippen LogP contribution >= 0.6 is 0 Å². The normalized spacial score (nSPS) is 15.4. The summed E-state index contributed by atoms with van der Waals surface area (Å²) in [5.41, 5.74) is 0.851. The average Bonchev–Trinajstić information content (AvgIpc) is 2.74. The van der Waals surface area contributed by atoms with Crippen LogP contribution in [0.15, 0.2) is 12.1 Å². The SMILES string of the molecule is CCCCCCNc1nc(NC2CCN(C)CC2)c2cc(OC)c(OC)cc2n1. The minimum Gasteiger partial charge on any atom is -0.493 e. The monoisotopic (exact) mass is 401 g/mol. The predicted octanol–water partition coefficient (Wildman–Crippen LogP) is 4.15. The second kappa shape index (κ2) is 10.5. The number of piperidine rings is 1. The topological polar surface area (TPSA) is 71.5 Å². The van der Waals surface area contributed by atoms with Crippen LogP contribution < -0.4 is 20.1 Å². The lowest BCUT2D eigenvalue weighted by Crippen LogP contribution is -2.37. The van der Waals surface area contributed by atoms with Gasteiger partial charge < -0.3 is 25.0 Å². The van der Waals surface area contributed by atoms with E-state index in [-0.39, 0.29) is 0 Å². The van der Waals surface area contributed by atoms with E-state index in [1.807, 2.05) is 12.1 Å². The summed E-state index contributed by atoms with van der Waals surface area (Å²) in [4.78, 5) is 11.9. The number of likely N-dealkylation sites (tertiary alicyclic amines) is 1. The minimum absolute atomic E-state index is 0.412. The molecule has 2 heterocycles. The standard InChI is InChI=1S/C22H35N5O2/c1-5-6-7-8-11-23-22-25-18-15-20(29-4)19(28-3)14-17(18)21(26-22)24-16-9-12-27(2)13-10-16/h14-16H,5-13H2,1-4H3,(H2,23,24,25,26). The van der Waals surface area contributed by atoms with Crippen molar-refractivity contribution in [2.45, 2.75) is 51.5 Å². The van der Waals surface area contributed by atoms with E-state index in [1.165, 1.54) is 19.3 Å². The van der Waals surface area contributed by atoms with E-state index in [1.54, 1.807) is 14.2 Å². The molecule has 0 bridgehead atoms. The molecule has 29 heavy (non-hydrogen) atoms. The molecule has 0 aliphatic carbocycles. The van der Waals surface area contributed by atoms with Crippen molar-refractivity contribution in [1.29, 1.82) is 0 Å². The second-order valence-electron chi connectivity index (χ2n) is 7.83. The predicted molar refractivity (Wildman–Crippen MR) is 119 cm³/mol. The van der Waals surface area contributed by atoms with Gasteiger partial charge in [-0.25, -0.2) is 4.98 Å². The molecule has 0 spiro atoms. The molecular formula is C22H35N5O2. The van der Waals surface area contributed by atoms with Gasteiger partial charge >= 0.3 is 0 Å². The Morgan fingerprint density at radius 1 is 1.03 bits per heavy atom. The lowest BCUT2D eigenvalue weighted by molar-refractivity contribution is 0.264. The van der Waals surface area contributed by atoms with E-state index >= 15 is 0 Å². The van der Waals surface area contributed by atoms with Crippen molar-refractivity contribution >= 4 is 22.7 Å². The molecule has 1 aliphatic heterocycles. The number of hydrogen-bond acceptors (Lipinski definition) is 7. The fraction of sp³-hybridized carbons (Fsp3) is 0.636. The molecule has 7 nitrogen and oxygen atoms in total. The molecule has 160 valence electrons. The van der Waals surface area contributed by atoms with Gasteiger partial charge in [-0.3, -0.25) is 0 Å². The lowest BCUT2D eigenvalue weighted by atomic mass is 10.1. The fourth-order valence-corrected chi connectivity index (χ4v) is 3.74. The van der Waals surface area contributed by atoms with E-state index in [4.69, 9.17) is 19.4 Å². The summed E-state index contributed by atoms with van der Waals surface area (Å²) in [5.74, 6) is 2.89. The second-order valence-corrected chi connectivity index (χ2v) is 7.83. The summed E-state index contributed by atoms with van der Waals surface area (Å²) >= 11 is 0. The Labute approximate surface area is 174 Å². The summed E-state index contributed by atoms with van der Waals surface area (Å²) < 4.78 is 11.0. The molecule has 1 aliphatic rings. The van der Waals surface area contributed by atoms with Crippen LogP contribution in [0.4, 0.5) is 11.8 Å². The zero-order valence-electron chi connectivity index (χ0n) is 18.3. The third-order valence-corrected chi connectivity index (χ3v) is 5.57. The summed E-state index contributed by atoms with van der Waals surface area (Å²) in [6.45, 7) is 5.30. The van der Waals surface area contributed by atoms with E-state index in [9.17, 15) is 0 Å². The highest BCUT2D eigenvalue weighted by atomic mass is 16.5. The number of rotatable bonds is 10. The van der Waals surface area contributed by atoms with Crippen molar-refractivity contribution in [2.75, 3.05) is 51.5 Å². The van der Waals surface area contributed by atoms with Crippen molar-refractivity contribution in [3.63, 3.8) is 0 Å². The van der Waals surface area contributed by atoms with Crippen LogP contribution in [0.1, 0.15) is 45.4 Å². The first-order chi connectivity index (χ1) is 14.1. The Morgan fingerprint density at radius 3 is 2.45 bits per heavy atom. The highest BCUT2D eigenvalue weighted by Gasteiger charge is 2.19. The Hall–Kier alpha value is -2.28. The Balaban J connectivity index is 1.87. The molecule has 0 atom stereocenters. The van der Waals surface area contributed by atoms with Gasteiger partial charge in [-0.05, 0) is 45.5 Å². The van der Waals surface area contributed by atoms with E-state index in [0.29, 0.717) is 23.5 Å². The van der Waals surface area contributed by atoms with Gasteiger partial charge in [-0.1, -0.05) is 26.2 Å². The van der Waals surface area contributed by atoms with E-state index in [0.717, 1.165) is 55.6 Å². The van der Waals surface area contributed by atoms with E-state index < -0.39 is 0 Å². The van der Waals surface area contributed by atoms with Crippen molar-refractivity contribution in [3.05, 3.63) is 12.1 Å². The number of aromatic nitrogens is 2. The van der Waals surface area contributed by atoms with Gasteiger partial charge in [0.15, 0.2) is 11.5 Å². The molecule has 7 heteroatoms. The summed E-state index contributed by atoms with van der Waals surface area (Å²) in [6.07, 6.45) is 7.06. The van der Waals surface area contributed by atoms with Crippen LogP contribution in [0.5, 0.6) is 11.5 Å². The van der Waals surface area contributed by atoms with Gasteiger partial charge in [0.25, 0.3) is 0 Å². The Bertz CT molecular complexity index is 790. The average molecular weight is 402 g/mol. The molecule has 1 aromatic heterocycles. The maximum absolute atomic E-state index is 5.51. The smallest absolute Gasteiger partial charge is 0.225 e. The first-order valence-electron chi connectivity index (χ1n) is 10.8. The molecule has 0 radical (unpaired) electrons. The molecule has 0 saturated carbocycles. The maximum atomic E-state index is 5.51. The lowest BCUT2D eigenvalue weighted by Gasteiger charge is -2.30. The van der Waals surface area contributed by atoms with Crippen LogP contribution in [0.3, 0.4) is 0 Å². The van der Waals surface area contributed by atoms with Crippen LogP contribution in [0.25, 0.3) is 10.9 Å². The molecule has 0 unspecified atom stereocenters. The van der Waals surface area contributed by atoms with Gasteiger partial charge in [-0.2, -0.15) is 4.98 Å². The van der Waals surface area contributed by atoms with Crippen LogP contribution in [-0.4, -0.2) is 61.8 Å². The molecule has 1 aromatic carbocycles. The van der Waals surface area contributed by atoms with Crippen LogP contribution in [-0.2, 0) is 0 Å². The summed E-state index contributed by atoms with van der Waals surface area (Å²) in [6, 6.07) is 4.31. The number of methoxy groups -OCH3 is 2. The first-order valence-corrected chi connectivity index (χ1v) is 10.8. The fourth-order valence-electron chi connectivity index (χ4n) is 3.74. The van der Waals surface area contributed by atoms with Gasteiger partial charge in [0.1, 0.15) is 5.82 Å². The third kappa shape index (κ3) is 5.63. The molecule has 1 saturated heterocycles. The largest absolute Gasteiger partial charge is 0.493 e. The minimum atomic E-state index is 0.412. The number of unbranched alkanes of at least 4 members (excludes halogenated alkanes) is 3. The quantitative estimate of drug-likeness (QED) is 0.580. The number of fused-ring (bicyclic) bond motifs is 1. The molecule has 0 amide bonds. The van der Waals surface area contributed by atoms with Gasteiger partial charge in [0.05, 0.1) is 19.7 Å². The number of benzene rings is 1. The summed E-state index contributed by atoms with van der Waals surface area (Å²) in [5, 5.41) is 8.03. The van der Waals surface area contributed by atoms with Gasteiger partial charge in [-0.15, -0.1) is 0 Å². The number of nitrogens with zero attached hydrogens (tertiary/aromatic N) is 3. The maximum Gasteiger partial charge on any atom is 0.225 e. The number of ether oxygens (including phenoxy) is 2. The zero-order chi connectivity index (χ0) is 20.6. The molecule has 2 N–H and O–H groups in total. The van der Waals surface area contributed by atoms with E-state index in [2.05, 4.69) is 29.5 Å². The highest BCUT2D eigenvalue weighted by molar-refractivity contribution is 5.92. The number of nitrogens with one attached hydrogen (secondary N) is 2. The van der Waals surface area contributed by atoms with Crippen molar-refractivity contribution in [1.82, 2.24) is 14.9 Å². The third-order valence-electron chi connectivity index (χ3n) is 5.57.